The first-order valence-electron chi connectivity index (χ1n) is 4.64. The lowest BCUT2D eigenvalue weighted by Gasteiger charge is -2.05. The zero-order valence-corrected chi connectivity index (χ0v) is 9.91. The van der Waals surface area contributed by atoms with E-state index in [1.165, 1.54) is 0 Å². The lowest BCUT2D eigenvalue weighted by molar-refractivity contribution is 0.302. The third-order valence-corrected chi connectivity index (χ3v) is 2.61. The van der Waals surface area contributed by atoms with E-state index in [1.807, 2.05) is 37.3 Å². The maximum Gasteiger partial charge on any atom is 0.174 e. The van der Waals surface area contributed by atoms with Gasteiger partial charge in [0.05, 0.1) is 5.69 Å². The van der Waals surface area contributed by atoms with E-state index in [2.05, 4.69) is 26.1 Å². The average Bonchev–Trinajstić information content (AvgIpc) is 2.58. The number of hydrogen-bond donors (Lipinski definition) is 1. The number of aryl methyl sites for hydroxylation is 1. The summed E-state index contributed by atoms with van der Waals surface area (Å²) in [5.74, 6) is 0.777. The van der Waals surface area contributed by atoms with Crippen LogP contribution in [0, 0.1) is 6.92 Å². The van der Waals surface area contributed by atoms with Crippen molar-refractivity contribution in [2.75, 3.05) is 0 Å². The molecule has 0 aliphatic rings. The Morgan fingerprint density at radius 2 is 2.07 bits per heavy atom. The van der Waals surface area contributed by atoms with Gasteiger partial charge in [-0.2, -0.15) is 5.10 Å². The van der Waals surface area contributed by atoms with E-state index >= 15 is 0 Å². The first-order valence-corrected chi connectivity index (χ1v) is 5.44. The number of aromatic nitrogens is 2. The van der Waals surface area contributed by atoms with Crippen molar-refractivity contribution in [3.05, 3.63) is 46.2 Å². The van der Waals surface area contributed by atoms with E-state index < -0.39 is 0 Å². The molecule has 2 aromatic rings. The van der Waals surface area contributed by atoms with Crippen molar-refractivity contribution in [2.24, 2.45) is 0 Å². The lowest BCUT2D eigenvalue weighted by atomic mass is 10.2. The van der Waals surface area contributed by atoms with Crippen molar-refractivity contribution in [2.45, 2.75) is 13.5 Å². The summed E-state index contributed by atoms with van der Waals surface area (Å²) in [6.07, 6.45) is 0. The molecule has 0 unspecified atom stereocenters. The molecule has 0 bridgehead atoms. The van der Waals surface area contributed by atoms with Gasteiger partial charge in [0.25, 0.3) is 0 Å². The van der Waals surface area contributed by atoms with Crippen LogP contribution < -0.4 is 4.74 Å². The SMILES string of the molecule is Cc1[nH]nc(Br)c1OCc1ccccc1. The molecule has 15 heavy (non-hydrogen) atoms. The quantitative estimate of drug-likeness (QED) is 0.928. The molecule has 0 saturated carbocycles. The molecular formula is C11H11BrN2O. The molecule has 0 atom stereocenters. The summed E-state index contributed by atoms with van der Waals surface area (Å²) in [4.78, 5) is 0. The van der Waals surface area contributed by atoms with Gasteiger partial charge in [0.2, 0.25) is 0 Å². The maximum atomic E-state index is 5.65. The largest absolute Gasteiger partial charge is 0.484 e. The van der Waals surface area contributed by atoms with E-state index in [-0.39, 0.29) is 0 Å². The summed E-state index contributed by atoms with van der Waals surface area (Å²) in [5, 5.41) is 6.85. The number of benzene rings is 1. The summed E-state index contributed by atoms with van der Waals surface area (Å²) in [6, 6.07) is 10.0. The Labute approximate surface area is 96.6 Å². The van der Waals surface area contributed by atoms with Crippen LogP contribution in [0.4, 0.5) is 0 Å². The van der Waals surface area contributed by atoms with E-state index in [4.69, 9.17) is 4.74 Å². The number of rotatable bonds is 3. The molecule has 4 heteroatoms. The standard InChI is InChI=1S/C11H11BrN2O/c1-8-10(11(12)14-13-8)15-7-9-5-3-2-4-6-9/h2-6H,7H2,1H3,(H,13,14). The van der Waals surface area contributed by atoms with Gasteiger partial charge in [-0.15, -0.1) is 0 Å². The van der Waals surface area contributed by atoms with Crippen LogP contribution in [0.3, 0.4) is 0 Å². The third-order valence-electron chi connectivity index (χ3n) is 2.08. The first kappa shape index (κ1) is 10.2. The van der Waals surface area contributed by atoms with Crippen molar-refractivity contribution >= 4 is 15.9 Å². The molecule has 1 aromatic carbocycles. The Kier molecular flexibility index (Phi) is 3.06. The van der Waals surface area contributed by atoms with Crippen molar-refractivity contribution < 1.29 is 4.74 Å². The second-order valence-corrected chi connectivity index (χ2v) is 3.99. The van der Waals surface area contributed by atoms with Gasteiger partial charge in [-0.25, -0.2) is 0 Å². The molecule has 0 saturated heterocycles. The normalized spacial score (nSPS) is 10.3. The van der Waals surface area contributed by atoms with Gasteiger partial charge in [-0.05, 0) is 28.4 Å². The van der Waals surface area contributed by atoms with Crippen LogP contribution in [-0.4, -0.2) is 10.2 Å². The second-order valence-electron chi connectivity index (χ2n) is 3.24. The minimum absolute atomic E-state index is 0.555. The van der Waals surface area contributed by atoms with Crippen LogP contribution >= 0.6 is 15.9 Å². The molecule has 0 radical (unpaired) electrons. The predicted octanol–water partition coefficient (Wildman–Crippen LogP) is 3.06. The molecule has 1 heterocycles. The maximum absolute atomic E-state index is 5.65. The highest BCUT2D eigenvalue weighted by Crippen LogP contribution is 2.26. The zero-order chi connectivity index (χ0) is 10.7. The number of hydrogen-bond acceptors (Lipinski definition) is 2. The van der Waals surface area contributed by atoms with Gasteiger partial charge in [0.1, 0.15) is 6.61 Å². The fourth-order valence-electron chi connectivity index (χ4n) is 1.29. The fraction of sp³-hybridized carbons (Fsp3) is 0.182. The molecule has 0 amide bonds. The number of halogens is 1. The summed E-state index contributed by atoms with van der Waals surface area (Å²) < 4.78 is 6.37. The fourth-order valence-corrected chi connectivity index (χ4v) is 1.79. The molecule has 0 aliphatic heterocycles. The molecule has 1 aromatic heterocycles. The summed E-state index contributed by atoms with van der Waals surface area (Å²) >= 11 is 3.32. The third kappa shape index (κ3) is 2.39. The van der Waals surface area contributed by atoms with Gasteiger partial charge in [0, 0.05) is 0 Å². The summed E-state index contributed by atoms with van der Waals surface area (Å²) in [7, 11) is 0. The monoisotopic (exact) mass is 266 g/mol. The highest BCUT2D eigenvalue weighted by molar-refractivity contribution is 9.10. The van der Waals surface area contributed by atoms with Gasteiger partial charge in [-0.3, -0.25) is 5.10 Å². The van der Waals surface area contributed by atoms with Crippen LogP contribution in [-0.2, 0) is 6.61 Å². The Balaban J connectivity index is 2.05. The second kappa shape index (κ2) is 4.49. The topological polar surface area (TPSA) is 37.9 Å². The Hall–Kier alpha value is -1.29. The van der Waals surface area contributed by atoms with Crippen LogP contribution in [0.25, 0.3) is 0 Å². The summed E-state index contributed by atoms with van der Waals surface area (Å²) in [6.45, 7) is 2.48. The molecule has 0 spiro atoms. The van der Waals surface area contributed by atoms with E-state index in [0.29, 0.717) is 6.61 Å². The number of aromatic amines is 1. The van der Waals surface area contributed by atoms with E-state index in [0.717, 1.165) is 21.6 Å². The van der Waals surface area contributed by atoms with Crippen molar-refractivity contribution in [3.8, 4) is 5.75 Å². The first-order chi connectivity index (χ1) is 7.27. The predicted molar refractivity (Wildman–Crippen MR) is 61.8 cm³/mol. The molecular weight excluding hydrogens is 256 g/mol. The van der Waals surface area contributed by atoms with Crippen LogP contribution in [0.15, 0.2) is 34.9 Å². The van der Waals surface area contributed by atoms with Crippen molar-refractivity contribution in [1.29, 1.82) is 0 Å². The number of nitrogens with one attached hydrogen (secondary N) is 1. The Morgan fingerprint density at radius 1 is 1.33 bits per heavy atom. The van der Waals surface area contributed by atoms with Gasteiger partial charge < -0.3 is 4.74 Å². The molecule has 0 aliphatic carbocycles. The van der Waals surface area contributed by atoms with Gasteiger partial charge in [0.15, 0.2) is 10.4 Å². The molecule has 2 rings (SSSR count). The average molecular weight is 267 g/mol. The van der Waals surface area contributed by atoms with Crippen LogP contribution in [0.2, 0.25) is 0 Å². The molecule has 1 N–H and O–H groups in total. The highest BCUT2D eigenvalue weighted by Gasteiger charge is 2.08. The number of ether oxygens (including phenoxy) is 1. The van der Waals surface area contributed by atoms with Crippen LogP contribution in [0.1, 0.15) is 11.3 Å². The highest BCUT2D eigenvalue weighted by atomic mass is 79.9. The Morgan fingerprint density at radius 3 is 2.67 bits per heavy atom. The number of nitrogens with zero attached hydrogens (tertiary/aromatic N) is 1. The van der Waals surface area contributed by atoms with E-state index in [9.17, 15) is 0 Å². The summed E-state index contributed by atoms with van der Waals surface area (Å²) in [5.41, 5.74) is 2.07. The molecule has 78 valence electrons. The van der Waals surface area contributed by atoms with Crippen molar-refractivity contribution in [1.82, 2.24) is 10.2 Å². The van der Waals surface area contributed by atoms with Gasteiger partial charge in [-0.1, -0.05) is 30.3 Å². The van der Waals surface area contributed by atoms with E-state index in [1.54, 1.807) is 0 Å². The Bertz CT molecular complexity index is 420. The van der Waals surface area contributed by atoms with Gasteiger partial charge >= 0.3 is 0 Å². The van der Waals surface area contributed by atoms with Crippen LogP contribution in [0.5, 0.6) is 5.75 Å². The zero-order valence-electron chi connectivity index (χ0n) is 8.33. The smallest absolute Gasteiger partial charge is 0.174 e. The minimum Gasteiger partial charge on any atom is -0.484 e. The molecule has 0 fully saturated rings. The lowest BCUT2D eigenvalue weighted by Crippen LogP contribution is -1.95. The number of H-pyrrole nitrogens is 1. The molecule has 3 nitrogen and oxygen atoms in total. The van der Waals surface area contributed by atoms with Crippen molar-refractivity contribution in [3.63, 3.8) is 0 Å². The minimum atomic E-state index is 0.555.